The van der Waals surface area contributed by atoms with Crippen molar-refractivity contribution in [1.29, 1.82) is 0 Å². The highest BCUT2D eigenvalue weighted by Crippen LogP contribution is 2.37. The van der Waals surface area contributed by atoms with Gasteiger partial charge in [0, 0.05) is 31.4 Å². The van der Waals surface area contributed by atoms with Gasteiger partial charge in [-0.1, -0.05) is 23.7 Å². The molecule has 0 unspecified atom stereocenters. The van der Waals surface area contributed by atoms with E-state index in [9.17, 15) is 4.79 Å². The van der Waals surface area contributed by atoms with Gasteiger partial charge in [0.25, 0.3) is 0 Å². The molecule has 0 aliphatic carbocycles. The van der Waals surface area contributed by atoms with Crippen LogP contribution >= 0.6 is 11.6 Å². The summed E-state index contributed by atoms with van der Waals surface area (Å²) in [5.74, 6) is 0.802. The van der Waals surface area contributed by atoms with E-state index in [2.05, 4.69) is 16.3 Å². The third kappa shape index (κ3) is 6.99. The van der Waals surface area contributed by atoms with E-state index < -0.39 is 0 Å². The first-order valence-electron chi connectivity index (χ1n) is 10.4. The number of amides is 1. The van der Waals surface area contributed by atoms with Gasteiger partial charge in [0.15, 0.2) is 11.5 Å². The molecule has 1 amide bonds. The maximum absolute atomic E-state index is 12.4. The number of nitrogens with one attached hydrogen (secondary N) is 1. The number of hydrogen-bond donors (Lipinski definition) is 1. The Morgan fingerprint density at radius 1 is 1.26 bits per heavy atom. The summed E-state index contributed by atoms with van der Waals surface area (Å²) in [6.07, 6.45) is 3.14. The second kappa shape index (κ2) is 11.2. The largest absolute Gasteiger partial charge is 0.493 e. The lowest BCUT2D eigenvalue weighted by Gasteiger charge is -2.26. The fourth-order valence-electron chi connectivity index (χ4n) is 3.31. The van der Waals surface area contributed by atoms with E-state index >= 15 is 0 Å². The highest BCUT2D eigenvalue weighted by Gasteiger charge is 2.13. The van der Waals surface area contributed by atoms with Gasteiger partial charge in [0.05, 0.1) is 31.5 Å². The average molecular weight is 445 g/mol. The fraction of sp³-hybridized carbons (Fsp3) is 0.375. The van der Waals surface area contributed by atoms with E-state index in [1.807, 2.05) is 32.0 Å². The molecule has 31 heavy (non-hydrogen) atoms. The van der Waals surface area contributed by atoms with E-state index in [1.165, 1.54) is 6.08 Å². The maximum atomic E-state index is 12.4. The number of carbonyl (C=O) groups excluding carboxylic acids is 1. The number of anilines is 1. The van der Waals surface area contributed by atoms with Crippen molar-refractivity contribution < 1.29 is 19.0 Å². The van der Waals surface area contributed by atoms with E-state index in [1.54, 1.807) is 25.3 Å². The topological polar surface area (TPSA) is 60.0 Å². The van der Waals surface area contributed by atoms with Crippen LogP contribution in [0, 0.1) is 0 Å². The lowest BCUT2D eigenvalue weighted by atomic mass is 10.1. The van der Waals surface area contributed by atoms with Crippen molar-refractivity contribution >= 4 is 29.3 Å². The molecule has 1 aliphatic heterocycles. The summed E-state index contributed by atoms with van der Waals surface area (Å²) in [5.41, 5.74) is 2.66. The number of hydrogen-bond acceptors (Lipinski definition) is 5. The Hall–Kier alpha value is -2.54. The summed E-state index contributed by atoms with van der Waals surface area (Å²) in [5, 5.41) is 3.35. The fourth-order valence-corrected chi connectivity index (χ4v) is 3.57. The van der Waals surface area contributed by atoms with Crippen LogP contribution in [0.4, 0.5) is 5.69 Å². The van der Waals surface area contributed by atoms with Crippen molar-refractivity contribution in [3.8, 4) is 11.5 Å². The standard InChI is InChI=1S/C24H29ClN2O4/c1-17(2)31-24-21(25)14-18(15-22(24)29-3)7-8-23(28)26-20-6-4-5-19(13-20)16-27-9-11-30-12-10-27/h4-8,13-15,17H,9-12,16H2,1-3H3,(H,26,28)/b8-7+. The third-order valence-electron chi connectivity index (χ3n) is 4.74. The highest BCUT2D eigenvalue weighted by molar-refractivity contribution is 6.32. The third-order valence-corrected chi connectivity index (χ3v) is 5.02. The number of morpholine rings is 1. The van der Waals surface area contributed by atoms with E-state index in [0.29, 0.717) is 16.5 Å². The highest BCUT2D eigenvalue weighted by atomic mass is 35.5. The van der Waals surface area contributed by atoms with Crippen molar-refractivity contribution in [3.63, 3.8) is 0 Å². The van der Waals surface area contributed by atoms with Crippen LogP contribution < -0.4 is 14.8 Å². The molecule has 1 fully saturated rings. The molecule has 0 spiro atoms. The summed E-state index contributed by atoms with van der Waals surface area (Å²) in [7, 11) is 1.56. The molecule has 0 aromatic heterocycles. The monoisotopic (exact) mass is 444 g/mol. The predicted molar refractivity (Wildman–Crippen MR) is 124 cm³/mol. The summed E-state index contributed by atoms with van der Waals surface area (Å²) >= 11 is 6.35. The molecular formula is C24H29ClN2O4. The SMILES string of the molecule is COc1cc(/C=C/C(=O)Nc2cccc(CN3CCOCC3)c2)cc(Cl)c1OC(C)C. The van der Waals surface area contributed by atoms with E-state index in [0.717, 1.165) is 49.7 Å². The molecule has 1 heterocycles. The molecule has 0 radical (unpaired) electrons. The molecule has 0 bridgehead atoms. The number of nitrogens with zero attached hydrogens (tertiary/aromatic N) is 1. The summed E-state index contributed by atoms with van der Waals surface area (Å²) in [6, 6.07) is 11.4. The zero-order chi connectivity index (χ0) is 22.2. The first-order valence-corrected chi connectivity index (χ1v) is 10.7. The van der Waals surface area contributed by atoms with Crippen molar-refractivity contribution in [2.45, 2.75) is 26.5 Å². The van der Waals surface area contributed by atoms with Crippen LogP contribution in [-0.2, 0) is 16.1 Å². The minimum absolute atomic E-state index is 0.0300. The minimum Gasteiger partial charge on any atom is -0.493 e. The van der Waals surface area contributed by atoms with Gasteiger partial charge in [-0.2, -0.15) is 0 Å². The first kappa shape index (κ1) is 23.1. The van der Waals surface area contributed by atoms with Gasteiger partial charge in [-0.3, -0.25) is 9.69 Å². The number of carbonyl (C=O) groups is 1. The summed E-state index contributed by atoms with van der Waals surface area (Å²) in [4.78, 5) is 14.8. The van der Waals surface area contributed by atoms with Crippen LogP contribution in [0.15, 0.2) is 42.5 Å². The molecule has 166 valence electrons. The summed E-state index contributed by atoms with van der Waals surface area (Å²) in [6.45, 7) is 8.06. The summed E-state index contributed by atoms with van der Waals surface area (Å²) < 4.78 is 16.5. The van der Waals surface area contributed by atoms with Crippen molar-refractivity contribution in [3.05, 3.63) is 58.6 Å². The molecule has 0 atom stereocenters. The first-order chi connectivity index (χ1) is 14.9. The average Bonchev–Trinajstić information content (AvgIpc) is 2.74. The Morgan fingerprint density at radius 2 is 2.03 bits per heavy atom. The number of benzene rings is 2. The number of methoxy groups -OCH3 is 1. The molecule has 1 N–H and O–H groups in total. The Labute approximate surface area is 188 Å². The second-order valence-electron chi connectivity index (χ2n) is 7.61. The molecular weight excluding hydrogens is 416 g/mol. The van der Waals surface area contributed by atoms with Gasteiger partial charge in [0.2, 0.25) is 5.91 Å². The molecule has 6 nitrogen and oxygen atoms in total. The lowest BCUT2D eigenvalue weighted by Crippen LogP contribution is -2.35. The van der Waals surface area contributed by atoms with Gasteiger partial charge < -0.3 is 19.5 Å². The quantitative estimate of drug-likeness (QED) is 0.602. The van der Waals surface area contributed by atoms with Gasteiger partial charge in [-0.25, -0.2) is 0 Å². The van der Waals surface area contributed by atoms with Gasteiger partial charge in [-0.05, 0) is 55.3 Å². The van der Waals surface area contributed by atoms with Gasteiger partial charge in [0.1, 0.15) is 0 Å². The normalized spacial score (nSPS) is 14.7. The van der Waals surface area contributed by atoms with Crippen molar-refractivity contribution in [2.24, 2.45) is 0 Å². The lowest BCUT2D eigenvalue weighted by molar-refractivity contribution is -0.111. The molecule has 1 saturated heterocycles. The molecule has 2 aromatic rings. The van der Waals surface area contributed by atoms with Crippen LogP contribution in [0.3, 0.4) is 0 Å². The molecule has 7 heteroatoms. The molecule has 3 rings (SSSR count). The van der Waals surface area contributed by atoms with Crippen LogP contribution in [0.2, 0.25) is 5.02 Å². The van der Waals surface area contributed by atoms with E-state index in [-0.39, 0.29) is 12.0 Å². The van der Waals surface area contributed by atoms with Gasteiger partial charge in [-0.15, -0.1) is 0 Å². The van der Waals surface area contributed by atoms with Crippen LogP contribution in [0.5, 0.6) is 11.5 Å². The predicted octanol–water partition coefficient (Wildman–Crippen LogP) is 4.62. The zero-order valence-electron chi connectivity index (χ0n) is 18.2. The zero-order valence-corrected chi connectivity index (χ0v) is 18.9. The second-order valence-corrected chi connectivity index (χ2v) is 8.02. The van der Waals surface area contributed by atoms with Crippen molar-refractivity contribution in [2.75, 3.05) is 38.7 Å². The Bertz CT molecular complexity index is 924. The van der Waals surface area contributed by atoms with E-state index in [4.69, 9.17) is 25.8 Å². The van der Waals surface area contributed by atoms with Gasteiger partial charge >= 0.3 is 0 Å². The number of halogens is 1. The van der Waals surface area contributed by atoms with Crippen LogP contribution in [-0.4, -0.2) is 50.3 Å². The van der Waals surface area contributed by atoms with Crippen LogP contribution in [0.1, 0.15) is 25.0 Å². The molecule has 1 aliphatic rings. The number of ether oxygens (including phenoxy) is 3. The maximum Gasteiger partial charge on any atom is 0.248 e. The molecule has 2 aromatic carbocycles. The Morgan fingerprint density at radius 3 is 2.74 bits per heavy atom. The van der Waals surface area contributed by atoms with Crippen LogP contribution in [0.25, 0.3) is 6.08 Å². The minimum atomic E-state index is -0.221. The Balaban J connectivity index is 1.64. The smallest absolute Gasteiger partial charge is 0.248 e. The number of rotatable bonds is 8. The molecule has 0 saturated carbocycles. The Kier molecular flexibility index (Phi) is 8.35. The van der Waals surface area contributed by atoms with Crippen molar-refractivity contribution in [1.82, 2.24) is 4.90 Å².